The van der Waals surface area contributed by atoms with Gasteiger partial charge in [-0.3, -0.25) is 4.79 Å². The maximum atomic E-state index is 12.3. The molecule has 3 rings (SSSR count). The number of thiophene rings is 1. The first-order valence-corrected chi connectivity index (χ1v) is 9.80. The van der Waals surface area contributed by atoms with E-state index in [-0.39, 0.29) is 5.91 Å². The van der Waals surface area contributed by atoms with Crippen LogP contribution in [0, 0.1) is 0 Å². The molecule has 0 unspecified atom stereocenters. The van der Waals surface area contributed by atoms with Crippen LogP contribution in [0.25, 0.3) is 0 Å². The number of carbonyl (C=O) groups is 1. The number of aromatic nitrogens is 4. The van der Waals surface area contributed by atoms with Gasteiger partial charge in [-0.1, -0.05) is 30.0 Å². The number of amides is 1. The van der Waals surface area contributed by atoms with Gasteiger partial charge in [0.15, 0.2) is 0 Å². The average molecular weight is 390 g/mol. The van der Waals surface area contributed by atoms with E-state index in [1.165, 1.54) is 11.8 Å². The molecule has 0 aliphatic heterocycles. The molecule has 136 valence electrons. The molecule has 0 atom stereocenters. The maximum Gasteiger partial charge on any atom is 0.233 e. The van der Waals surface area contributed by atoms with Gasteiger partial charge in [-0.05, 0) is 39.6 Å². The first kappa shape index (κ1) is 18.4. The predicted octanol–water partition coefficient (Wildman–Crippen LogP) is 2.54. The summed E-state index contributed by atoms with van der Waals surface area (Å²) >= 11 is 2.99. The number of methoxy groups -OCH3 is 1. The Morgan fingerprint density at radius 1 is 1.31 bits per heavy atom. The molecule has 0 radical (unpaired) electrons. The molecule has 0 saturated heterocycles. The van der Waals surface area contributed by atoms with Crippen molar-refractivity contribution >= 4 is 29.0 Å². The van der Waals surface area contributed by atoms with Gasteiger partial charge in [0.05, 0.1) is 26.0 Å². The highest BCUT2D eigenvalue weighted by Crippen LogP contribution is 2.18. The Morgan fingerprint density at radius 2 is 2.12 bits per heavy atom. The molecule has 2 heterocycles. The van der Waals surface area contributed by atoms with E-state index in [2.05, 4.69) is 15.5 Å². The lowest BCUT2D eigenvalue weighted by Crippen LogP contribution is -2.27. The minimum absolute atomic E-state index is 0.0439. The molecule has 9 heteroatoms. The first-order valence-electron chi connectivity index (χ1n) is 7.94. The van der Waals surface area contributed by atoms with Crippen LogP contribution < -0.4 is 4.74 Å². The van der Waals surface area contributed by atoms with Gasteiger partial charge >= 0.3 is 0 Å². The molecule has 0 saturated carbocycles. The summed E-state index contributed by atoms with van der Waals surface area (Å²) in [4.78, 5) is 15.2. The smallest absolute Gasteiger partial charge is 0.233 e. The predicted molar refractivity (Wildman–Crippen MR) is 101 cm³/mol. The average Bonchev–Trinajstić information content (AvgIpc) is 3.32. The number of thioether (sulfide) groups is 1. The SMILES string of the molecule is COc1ccc(Cn2nnnc2SCC(=O)N(C)Cc2cccs2)cc1. The van der Waals surface area contributed by atoms with Gasteiger partial charge in [-0.15, -0.1) is 16.4 Å². The van der Waals surface area contributed by atoms with Crippen LogP contribution in [0.1, 0.15) is 10.4 Å². The molecule has 3 aromatic rings. The molecule has 0 bridgehead atoms. The van der Waals surface area contributed by atoms with Crippen LogP contribution in [-0.4, -0.2) is 50.9 Å². The number of carbonyl (C=O) groups excluding carboxylic acids is 1. The van der Waals surface area contributed by atoms with Crippen molar-refractivity contribution < 1.29 is 9.53 Å². The molecule has 0 aliphatic rings. The quantitative estimate of drug-likeness (QED) is 0.551. The van der Waals surface area contributed by atoms with Gasteiger partial charge in [0, 0.05) is 11.9 Å². The van der Waals surface area contributed by atoms with E-state index in [1.54, 1.807) is 28.0 Å². The molecule has 26 heavy (non-hydrogen) atoms. The zero-order valence-electron chi connectivity index (χ0n) is 14.5. The summed E-state index contributed by atoms with van der Waals surface area (Å²) in [6.45, 7) is 1.16. The Labute approximate surface area is 160 Å². The number of hydrogen-bond acceptors (Lipinski definition) is 7. The van der Waals surface area contributed by atoms with E-state index in [1.807, 2.05) is 48.8 Å². The highest BCUT2D eigenvalue weighted by atomic mass is 32.2. The van der Waals surface area contributed by atoms with Crippen molar-refractivity contribution in [3.05, 3.63) is 52.2 Å². The number of tetrazole rings is 1. The Kier molecular flexibility index (Phi) is 6.24. The largest absolute Gasteiger partial charge is 0.497 e. The standard InChI is InChI=1S/C17H19N5O2S2/c1-21(11-15-4-3-9-25-15)16(23)12-26-17-18-19-20-22(17)10-13-5-7-14(24-2)8-6-13/h3-9H,10-12H2,1-2H3. The molecular formula is C17H19N5O2S2. The topological polar surface area (TPSA) is 73.1 Å². The Hall–Kier alpha value is -2.39. The van der Waals surface area contributed by atoms with E-state index in [0.717, 1.165) is 16.2 Å². The molecule has 1 aromatic carbocycles. The summed E-state index contributed by atoms with van der Waals surface area (Å²) in [7, 11) is 3.44. The number of ether oxygens (including phenoxy) is 1. The Bertz CT molecular complexity index is 833. The molecule has 0 fully saturated rings. The Balaban J connectivity index is 1.55. The van der Waals surface area contributed by atoms with Crippen molar-refractivity contribution in [1.82, 2.24) is 25.1 Å². The summed E-state index contributed by atoms with van der Waals surface area (Å²) < 4.78 is 6.85. The number of hydrogen-bond donors (Lipinski definition) is 0. The van der Waals surface area contributed by atoms with Crippen LogP contribution in [0.5, 0.6) is 5.75 Å². The maximum absolute atomic E-state index is 12.3. The lowest BCUT2D eigenvalue weighted by atomic mass is 10.2. The lowest BCUT2D eigenvalue weighted by Gasteiger charge is -2.15. The second kappa shape index (κ2) is 8.81. The zero-order valence-corrected chi connectivity index (χ0v) is 16.2. The van der Waals surface area contributed by atoms with Crippen molar-refractivity contribution in [2.75, 3.05) is 19.9 Å². The summed E-state index contributed by atoms with van der Waals surface area (Å²) in [6, 6.07) is 11.7. The van der Waals surface area contributed by atoms with E-state index in [4.69, 9.17) is 4.74 Å². The third-order valence-electron chi connectivity index (χ3n) is 3.71. The van der Waals surface area contributed by atoms with Crippen LogP contribution >= 0.6 is 23.1 Å². The van der Waals surface area contributed by atoms with Crippen molar-refractivity contribution in [3.8, 4) is 5.75 Å². The summed E-state index contributed by atoms with van der Waals surface area (Å²) in [5.41, 5.74) is 1.06. The highest BCUT2D eigenvalue weighted by molar-refractivity contribution is 7.99. The van der Waals surface area contributed by atoms with Gasteiger partial charge in [0.25, 0.3) is 0 Å². The monoisotopic (exact) mass is 389 g/mol. The zero-order chi connectivity index (χ0) is 18.4. The van der Waals surface area contributed by atoms with Crippen LogP contribution in [-0.2, 0) is 17.9 Å². The third-order valence-corrected chi connectivity index (χ3v) is 5.52. The van der Waals surface area contributed by atoms with E-state index < -0.39 is 0 Å². The molecule has 0 N–H and O–H groups in total. The fourth-order valence-corrected chi connectivity index (χ4v) is 3.84. The highest BCUT2D eigenvalue weighted by Gasteiger charge is 2.14. The van der Waals surface area contributed by atoms with Gasteiger partial charge in [-0.2, -0.15) is 0 Å². The number of benzene rings is 1. The molecular weight excluding hydrogens is 370 g/mol. The summed E-state index contributed by atoms with van der Waals surface area (Å²) in [5.74, 6) is 1.15. The summed E-state index contributed by atoms with van der Waals surface area (Å²) in [5, 5.41) is 14.4. The van der Waals surface area contributed by atoms with Gasteiger partial charge in [-0.25, -0.2) is 4.68 Å². The number of nitrogens with zero attached hydrogens (tertiary/aromatic N) is 5. The van der Waals surface area contributed by atoms with Crippen molar-refractivity contribution in [1.29, 1.82) is 0 Å². The molecule has 2 aromatic heterocycles. The van der Waals surface area contributed by atoms with Gasteiger partial charge < -0.3 is 9.64 Å². The normalized spacial score (nSPS) is 10.7. The van der Waals surface area contributed by atoms with E-state index >= 15 is 0 Å². The van der Waals surface area contributed by atoms with Crippen LogP contribution in [0.4, 0.5) is 0 Å². The minimum atomic E-state index is 0.0439. The summed E-state index contributed by atoms with van der Waals surface area (Å²) in [6.07, 6.45) is 0. The van der Waals surface area contributed by atoms with Crippen LogP contribution in [0.15, 0.2) is 46.9 Å². The van der Waals surface area contributed by atoms with E-state index in [9.17, 15) is 4.79 Å². The fraction of sp³-hybridized carbons (Fsp3) is 0.294. The third kappa shape index (κ3) is 4.83. The van der Waals surface area contributed by atoms with Crippen molar-refractivity contribution in [2.24, 2.45) is 0 Å². The lowest BCUT2D eigenvalue weighted by molar-refractivity contribution is -0.127. The molecule has 0 spiro atoms. The van der Waals surface area contributed by atoms with Crippen LogP contribution in [0.2, 0.25) is 0 Å². The van der Waals surface area contributed by atoms with E-state index in [0.29, 0.717) is 24.0 Å². The van der Waals surface area contributed by atoms with Gasteiger partial charge in [0.2, 0.25) is 11.1 Å². The first-order chi connectivity index (χ1) is 12.7. The fourth-order valence-electron chi connectivity index (χ4n) is 2.26. The second-order valence-electron chi connectivity index (χ2n) is 5.59. The minimum Gasteiger partial charge on any atom is -0.497 e. The second-order valence-corrected chi connectivity index (χ2v) is 7.56. The van der Waals surface area contributed by atoms with Crippen LogP contribution in [0.3, 0.4) is 0 Å². The van der Waals surface area contributed by atoms with Crippen molar-refractivity contribution in [2.45, 2.75) is 18.2 Å². The molecule has 7 nitrogen and oxygen atoms in total. The number of rotatable bonds is 8. The molecule has 1 amide bonds. The Morgan fingerprint density at radius 3 is 2.81 bits per heavy atom. The molecule has 0 aliphatic carbocycles. The van der Waals surface area contributed by atoms with Gasteiger partial charge in [0.1, 0.15) is 5.75 Å². The van der Waals surface area contributed by atoms with Crippen molar-refractivity contribution in [3.63, 3.8) is 0 Å².